The molecule has 144 valence electrons. The van der Waals surface area contributed by atoms with Crippen molar-refractivity contribution in [1.29, 1.82) is 0 Å². The predicted molar refractivity (Wildman–Crippen MR) is 99.7 cm³/mol. The highest BCUT2D eigenvalue weighted by molar-refractivity contribution is 6.06. The number of anilines is 1. The summed E-state index contributed by atoms with van der Waals surface area (Å²) in [5.41, 5.74) is 8.55. The molecular formula is C19H20N6O3. The maximum atomic E-state index is 13.0. The van der Waals surface area contributed by atoms with E-state index in [2.05, 4.69) is 20.6 Å². The van der Waals surface area contributed by atoms with Crippen LogP contribution >= 0.6 is 0 Å². The predicted octanol–water partition coefficient (Wildman–Crippen LogP) is 0.308. The Morgan fingerprint density at radius 2 is 2.00 bits per heavy atom. The molecule has 9 heteroatoms. The van der Waals surface area contributed by atoms with Crippen LogP contribution in [-0.2, 0) is 29.2 Å². The van der Waals surface area contributed by atoms with E-state index < -0.39 is 11.9 Å². The molecule has 9 nitrogen and oxygen atoms in total. The molecule has 2 aliphatic rings. The topological polar surface area (TPSA) is 130 Å². The largest absolute Gasteiger partial charge is 0.378 e. The van der Waals surface area contributed by atoms with Gasteiger partial charge in [0, 0.05) is 25.1 Å². The summed E-state index contributed by atoms with van der Waals surface area (Å²) in [5, 5.41) is 5.53. The normalized spacial score (nSPS) is 18.8. The maximum Gasteiger partial charge on any atom is 0.255 e. The van der Waals surface area contributed by atoms with Crippen LogP contribution in [0.25, 0.3) is 0 Å². The van der Waals surface area contributed by atoms with Gasteiger partial charge in [-0.1, -0.05) is 18.2 Å². The molecule has 0 radical (unpaired) electrons. The molecule has 1 fully saturated rings. The van der Waals surface area contributed by atoms with Crippen LogP contribution in [0, 0.1) is 0 Å². The molecule has 0 saturated carbocycles. The minimum absolute atomic E-state index is 0.184. The molecule has 0 bridgehead atoms. The number of nitrogens with one attached hydrogen (secondary N) is 2. The number of piperidine rings is 1. The monoisotopic (exact) mass is 380 g/mol. The van der Waals surface area contributed by atoms with E-state index in [-0.39, 0.29) is 24.8 Å². The first kappa shape index (κ1) is 18.1. The molecule has 1 atom stereocenters. The highest BCUT2D eigenvalue weighted by atomic mass is 16.2. The Morgan fingerprint density at radius 3 is 2.71 bits per heavy atom. The number of hydrogen-bond donors (Lipinski definition) is 3. The summed E-state index contributed by atoms with van der Waals surface area (Å²) in [6.07, 6.45) is 3.89. The molecule has 4 rings (SSSR count). The van der Waals surface area contributed by atoms with Crippen molar-refractivity contribution in [3.05, 3.63) is 53.1 Å². The highest BCUT2D eigenvalue weighted by Crippen LogP contribution is 2.30. The van der Waals surface area contributed by atoms with E-state index in [1.807, 2.05) is 18.2 Å². The molecule has 2 aliphatic heterocycles. The summed E-state index contributed by atoms with van der Waals surface area (Å²) in [5.74, 6) is -0.328. The second-order valence-corrected chi connectivity index (χ2v) is 6.80. The van der Waals surface area contributed by atoms with Gasteiger partial charge in [-0.15, -0.1) is 0 Å². The molecule has 3 heterocycles. The third kappa shape index (κ3) is 3.31. The number of amides is 3. The van der Waals surface area contributed by atoms with Crippen LogP contribution in [-0.4, -0.2) is 38.6 Å². The second-order valence-electron chi connectivity index (χ2n) is 6.80. The molecule has 0 spiro atoms. The van der Waals surface area contributed by atoms with Gasteiger partial charge in [0.2, 0.25) is 11.8 Å². The molecule has 3 amide bonds. The van der Waals surface area contributed by atoms with Crippen LogP contribution in [0.4, 0.5) is 5.69 Å². The summed E-state index contributed by atoms with van der Waals surface area (Å²) < 4.78 is 0. The minimum atomic E-state index is -0.615. The number of carbonyl (C=O) groups is 3. The first-order valence-electron chi connectivity index (χ1n) is 9.07. The van der Waals surface area contributed by atoms with Gasteiger partial charge in [0.25, 0.3) is 5.91 Å². The lowest BCUT2D eigenvalue weighted by atomic mass is 10.0. The van der Waals surface area contributed by atoms with Crippen molar-refractivity contribution in [2.45, 2.75) is 38.5 Å². The zero-order valence-electron chi connectivity index (χ0n) is 15.1. The van der Waals surface area contributed by atoms with Crippen molar-refractivity contribution < 1.29 is 14.4 Å². The van der Waals surface area contributed by atoms with Crippen LogP contribution in [0.3, 0.4) is 0 Å². The first-order valence-corrected chi connectivity index (χ1v) is 9.07. The highest BCUT2D eigenvalue weighted by Gasteiger charge is 2.39. The number of aromatic nitrogens is 2. The third-order valence-electron chi connectivity index (χ3n) is 5.01. The smallest absolute Gasteiger partial charge is 0.255 e. The molecule has 28 heavy (non-hydrogen) atoms. The lowest BCUT2D eigenvalue weighted by Gasteiger charge is -2.29. The zero-order valence-corrected chi connectivity index (χ0v) is 15.1. The first-order chi connectivity index (χ1) is 13.6. The average molecular weight is 380 g/mol. The van der Waals surface area contributed by atoms with Gasteiger partial charge in [0.1, 0.15) is 11.9 Å². The standard InChI is InChI=1S/C19H20N6O3/c20-6-15-22-8-13(9-23-15)21-7-11-2-1-3-12-10-25(19(28)17(11)12)14-4-5-16(26)24-18(14)27/h1-3,8-9,14,21H,4-7,10,20H2,(H,24,26,27). The van der Waals surface area contributed by atoms with Gasteiger partial charge in [-0.3, -0.25) is 19.7 Å². The third-order valence-corrected chi connectivity index (χ3v) is 5.01. The van der Waals surface area contributed by atoms with Crippen molar-refractivity contribution >= 4 is 23.4 Å². The van der Waals surface area contributed by atoms with E-state index in [0.717, 1.165) is 16.8 Å². The van der Waals surface area contributed by atoms with E-state index in [4.69, 9.17) is 5.73 Å². The Hall–Kier alpha value is -3.33. The van der Waals surface area contributed by atoms with E-state index in [9.17, 15) is 14.4 Å². The number of fused-ring (bicyclic) bond motifs is 1. The molecule has 1 aromatic heterocycles. The van der Waals surface area contributed by atoms with Crippen LogP contribution < -0.4 is 16.4 Å². The molecule has 0 aliphatic carbocycles. The van der Waals surface area contributed by atoms with Crippen LogP contribution in [0.5, 0.6) is 0 Å². The Morgan fingerprint density at radius 1 is 1.21 bits per heavy atom. The zero-order chi connectivity index (χ0) is 19.7. The van der Waals surface area contributed by atoms with Crippen LogP contribution in [0.2, 0.25) is 0 Å². The molecular weight excluding hydrogens is 360 g/mol. The van der Waals surface area contributed by atoms with Gasteiger partial charge in [0.15, 0.2) is 0 Å². The number of nitrogens with zero attached hydrogens (tertiary/aromatic N) is 3. The number of nitrogens with two attached hydrogens (primary N) is 1. The van der Waals surface area contributed by atoms with Crippen LogP contribution in [0.15, 0.2) is 30.6 Å². The van der Waals surface area contributed by atoms with Crippen LogP contribution in [0.1, 0.15) is 40.2 Å². The fourth-order valence-corrected chi connectivity index (χ4v) is 3.59. The Bertz CT molecular complexity index is 943. The van der Waals surface area contributed by atoms with Gasteiger partial charge in [-0.05, 0) is 17.5 Å². The lowest BCUT2D eigenvalue weighted by molar-refractivity contribution is -0.136. The van der Waals surface area contributed by atoms with E-state index in [1.165, 1.54) is 0 Å². The fraction of sp³-hybridized carbons (Fsp3) is 0.316. The van der Waals surface area contributed by atoms with Gasteiger partial charge >= 0.3 is 0 Å². The summed E-state index contributed by atoms with van der Waals surface area (Å²) >= 11 is 0. The van der Waals surface area contributed by atoms with Crippen molar-refractivity contribution in [3.63, 3.8) is 0 Å². The van der Waals surface area contributed by atoms with Crippen molar-refractivity contribution in [2.24, 2.45) is 5.73 Å². The minimum Gasteiger partial charge on any atom is -0.378 e. The SMILES string of the molecule is NCc1ncc(NCc2cccc3c2C(=O)N(C2CCC(=O)NC2=O)C3)cn1. The maximum absolute atomic E-state index is 13.0. The van der Waals surface area contributed by atoms with Gasteiger partial charge in [0.05, 0.1) is 24.6 Å². The second kappa shape index (κ2) is 7.35. The number of benzene rings is 1. The summed E-state index contributed by atoms with van der Waals surface area (Å²) in [7, 11) is 0. The Labute approximate surface area is 161 Å². The van der Waals surface area contributed by atoms with Gasteiger partial charge < -0.3 is 16.0 Å². The quantitative estimate of drug-likeness (QED) is 0.636. The lowest BCUT2D eigenvalue weighted by Crippen LogP contribution is -2.52. The van der Waals surface area contributed by atoms with E-state index in [0.29, 0.717) is 30.9 Å². The average Bonchev–Trinajstić information content (AvgIpc) is 3.04. The number of carbonyl (C=O) groups excluding carboxylic acids is 3. The molecule has 2 aromatic rings. The van der Waals surface area contributed by atoms with Gasteiger partial charge in [-0.2, -0.15) is 0 Å². The van der Waals surface area contributed by atoms with Crippen molar-refractivity contribution in [3.8, 4) is 0 Å². The Balaban J connectivity index is 1.51. The van der Waals surface area contributed by atoms with Crippen molar-refractivity contribution in [2.75, 3.05) is 5.32 Å². The number of hydrogen-bond acceptors (Lipinski definition) is 7. The molecule has 1 aromatic carbocycles. The van der Waals surface area contributed by atoms with E-state index >= 15 is 0 Å². The van der Waals surface area contributed by atoms with Gasteiger partial charge in [-0.25, -0.2) is 9.97 Å². The van der Waals surface area contributed by atoms with E-state index in [1.54, 1.807) is 17.3 Å². The van der Waals surface area contributed by atoms with Crippen molar-refractivity contribution in [1.82, 2.24) is 20.2 Å². The summed E-state index contributed by atoms with van der Waals surface area (Å²) in [6, 6.07) is 5.05. The summed E-state index contributed by atoms with van der Waals surface area (Å²) in [6.45, 7) is 1.06. The Kier molecular flexibility index (Phi) is 4.74. The number of rotatable bonds is 5. The molecule has 1 saturated heterocycles. The molecule has 1 unspecified atom stereocenters. The molecule has 4 N–H and O–H groups in total. The number of imide groups is 1. The fourth-order valence-electron chi connectivity index (χ4n) is 3.59. The summed E-state index contributed by atoms with van der Waals surface area (Å²) in [4.78, 5) is 46.4.